The van der Waals surface area contributed by atoms with Crippen LogP contribution in [-0.4, -0.2) is 44.9 Å². The van der Waals surface area contributed by atoms with Gasteiger partial charge in [-0.15, -0.1) is 10.2 Å². The minimum Gasteiger partial charge on any atom is -0.463 e. The first-order valence-corrected chi connectivity index (χ1v) is 8.98. The molecule has 3 rings (SSSR count). The van der Waals surface area contributed by atoms with Crippen LogP contribution in [-0.2, 0) is 10.8 Å². The second-order valence-electron chi connectivity index (χ2n) is 6.76. The van der Waals surface area contributed by atoms with Gasteiger partial charge >= 0.3 is 12.3 Å². The molecule has 13 heteroatoms. The molecule has 0 aromatic carbocycles. The zero-order valence-electron chi connectivity index (χ0n) is 16.3. The second-order valence-corrected chi connectivity index (χ2v) is 6.76. The molecule has 0 aliphatic heterocycles. The van der Waals surface area contributed by atoms with Gasteiger partial charge in [-0.05, 0) is 39.5 Å². The highest BCUT2D eigenvalue weighted by molar-refractivity contribution is 5.77. The van der Waals surface area contributed by atoms with Gasteiger partial charge in [0, 0.05) is 18.0 Å². The summed E-state index contributed by atoms with van der Waals surface area (Å²) in [5, 5.41) is 7.06. The third-order valence-electron chi connectivity index (χ3n) is 4.24. The average molecular weight is 449 g/mol. The van der Waals surface area contributed by atoms with Crippen molar-refractivity contribution in [1.29, 1.82) is 0 Å². The van der Waals surface area contributed by atoms with Gasteiger partial charge in [0.15, 0.2) is 11.9 Å². The van der Waals surface area contributed by atoms with Crippen molar-refractivity contribution in [2.24, 2.45) is 4.99 Å². The summed E-state index contributed by atoms with van der Waals surface area (Å²) in [6.07, 6.45) is -8.27. The van der Waals surface area contributed by atoms with Crippen molar-refractivity contribution in [3.8, 4) is 5.88 Å². The Hall–Kier alpha value is -2.96. The Kier molecular flexibility index (Phi) is 6.07. The number of hydrogen-bond donors (Lipinski definition) is 0. The smallest absolute Gasteiger partial charge is 0.425 e. The summed E-state index contributed by atoms with van der Waals surface area (Å²) < 4.78 is 91.0. The number of ether oxygens (including phenoxy) is 2. The maximum Gasteiger partial charge on any atom is 0.425 e. The van der Waals surface area contributed by atoms with E-state index in [4.69, 9.17) is 4.74 Å². The molecule has 31 heavy (non-hydrogen) atoms. The van der Waals surface area contributed by atoms with Gasteiger partial charge in [0.1, 0.15) is 5.82 Å². The largest absolute Gasteiger partial charge is 0.463 e. The fraction of sp³-hybridized carbons (Fsp3) is 0.444. The molecule has 0 unspecified atom stereocenters. The lowest BCUT2D eigenvalue weighted by atomic mass is 10.2. The van der Waals surface area contributed by atoms with Crippen LogP contribution in [0, 0.1) is 12.7 Å². The van der Waals surface area contributed by atoms with E-state index < -0.39 is 42.0 Å². The summed E-state index contributed by atoms with van der Waals surface area (Å²) in [6.45, 7) is 5.41. The molecule has 0 N–H and O–H groups in total. The van der Waals surface area contributed by atoms with Crippen LogP contribution < -0.4 is 4.74 Å². The Bertz CT molecular complexity index is 1000. The van der Waals surface area contributed by atoms with E-state index in [9.17, 15) is 26.3 Å². The highest BCUT2D eigenvalue weighted by atomic mass is 19.4. The van der Waals surface area contributed by atoms with E-state index in [1.165, 1.54) is 6.92 Å². The molecule has 1 aliphatic rings. The molecule has 1 saturated carbocycles. The Balaban J connectivity index is 1.92. The average Bonchev–Trinajstić information content (AvgIpc) is 3.39. The number of aliphatic imine (C=N–C) groups is 1. The van der Waals surface area contributed by atoms with Crippen LogP contribution in [0.2, 0.25) is 0 Å². The zero-order valence-corrected chi connectivity index (χ0v) is 16.3. The maximum absolute atomic E-state index is 14.4. The van der Waals surface area contributed by atoms with E-state index in [-0.39, 0.29) is 17.1 Å². The molecule has 7 nitrogen and oxygen atoms in total. The van der Waals surface area contributed by atoms with Crippen LogP contribution in [0.1, 0.15) is 37.0 Å². The Morgan fingerprint density at radius 1 is 1.29 bits per heavy atom. The highest BCUT2D eigenvalue weighted by Crippen LogP contribution is 2.37. The number of rotatable bonds is 8. The Labute approximate surface area is 172 Å². The van der Waals surface area contributed by atoms with E-state index in [0.29, 0.717) is 19.8 Å². The number of aromatic nitrogens is 4. The highest BCUT2D eigenvalue weighted by Gasteiger charge is 2.44. The molecule has 1 aliphatic carbocycles. The predicted molar refractivity (Wildman–Crippen MR) is 96.8 cm³/mol. The number of hydrogen-bond acceptors (Lipinski definition) is 6. The van der Waals surface area contributed by atoms with Gasteiger partial charge in [-0.2, -0.15) is 22.0 Å². The van der Waals surface area contributed by atoms with Crippen LogP contribution in [0.3, 0.4) is 0 Å². The molecular formula is C18H17F6N5O2. The summed E-state index contributed by atoms with van der Waals surface area (Å²) in [7, 11) is 0. The molecule has 2 aromatic rings. The van der Waals surface area contributed by atoms with E-state index in [0.717, 1.165) is 23.0 Å². The van der Waals surface area contributed by atoms with Gasteiger partial charge in [-0.3, -0.25) is 9.56 Å². The van der Waals surface area contributed by atoms with Crippen molar-refractivity contribution >= 4 is 18.6 Å². The topological polar surface area (TPSA) is 74.4 Å². The number of halogens is 6. The predicted octanol–water partition coefficient (Wildman–Crippen LogP) is 4.33. The van der Waals surface area contributed by atoms with Gasteiger partial charge in [0.2, 0.25) is 5.82 Å². The molecular weight excluding hydrogens is 432 g/mol. The first kappa shape index (κ1) is 22.7. The molecule has 0 radical (unpaired) electrons. The van der Waals surface area contributed by atoms with Gasteiger partial charge in [-0.1, -0.05) is 0 Å². The van der Waals surface area contributed by atoms with Crippen LogP contribution in [0.4, 0.5) is 26.3 Å². The zero-order chi connectivity index (χ0) is 23.0. The first-order chi connectivity index (χ1) is 14.4. The maximum atomic E-state index is 14.4. The van der Waals surface area contributed by atoms with Crippen LogP contribution in [0.25, 0.3) is 11.9 Å². The Morgan fingerprint density at radius 3 is 2.52 bits per heavy atom. The molecule has 1 atom stereocenters. The summed E-state index contributed by atoms with van der Waals surface area (Å²) >= 11 is 0. The van der Waals surface area contributed by atoms with Gasteiger partial charge < -0.3 is 9.47 Å². The fourth-order valence-corrected chi connectivity index (χ4v) is 2.39. The molecule has 0 amide bonds. The molecule has 0 saturated heterocycles. The second kappa shape index (κ2) is 8.29. The van der Waals surface area contributed by atoms with Crippen LogP contribution >= 0.6 is 0 Å². The molecule has 1 fully saturated rings. The number of alkyl halides is 5. The lowest BCUT2D eigenvalue weighted by molar-refractivity contribution is -0.261. The summed E-state index contributed by atoms with van der Waals surface area (Å²) in [6, 6.07) is 0.796. The molecule has 2 heterocycles. The quantitative estimate of drug-likeness (QED) is 0.443. The van der Waals surface area contributed by atoms with Crippen molar-refractivity contribution in [2.45, 2.75) is 51.2 Å². The number of pyridine rings is 1. The van der Waals surface area contributed by atoms with Gasteiger partial charge in [0.05, 0.1) is 11.8 Å². The Morgan fingerprint density at radius 2 is 1.97 bits per heavy atom. The normalized spacial score (nSPS) is 16.3. The molecule has 2 aromatic heterocycles. The lowest BCUT2D eigenvalue weighted by Crippen LogP contribution is -2.31. The molecule has 0 bridgehead atoms. The SMILES string of the molecule is C=N/C(=C\n1c(C)nnc1C(F)(F)OC1CC1)c1cnc(O[C@H](C)C(F)(F)F)c(F)c1. The van der Waals surface area contributed by atoms with Crippen LogP contribution in [0.15, 0.2) is 17.3 Å². The third-order valence-corrected chi connectivity index (χ3v) is 4.24. The van der Waals surface area contributed by atoms with Crippen molar-refractivity contribution in [3.05, 3.63) is 35.3 Å². The third kappa shape index (κ3) is 5.21. The van der Waals surface area contributed by atoms with Crippen molar-refractivity contribution in [1.82, 2.24) is 19.7 Å². The minimum atomic E-state index is -4.71. The van der Waals surface area contributed by atoms with Crippen LogP contribution in [0.5, 0.6) is 5.88 Å². The lowest BCUT2D eigenvalue weighted by Gasteiger charge is -2.17. The molecule has 0 spiro atoms. The summed E-state index contributed by atoms with van der Waals surface area (Å²) in [4.78, 5) is 7.20. The van der Waals surface area contributed by atoms with Crippen molar-refractivity contribution in [2.75, 3.05) is 0 Å². The standard InChI is InChI=1S/C18H17F6N5O2/c1-9(17(20,21)22)30-15-13(19)6-11(7-26-15)14(25-3)8-29-10(2)27-28-16(29)18(23,24)31-12-4-5-12/h6-9,12H,3-5H2,1-2H3/b14-8-/t9-/m1/s1. The monoisotopic (exact) mass is 449 g/mol. The van der Waals surface area contributed by atoms with E-state index >= 15 is 0 Å². The van der Waals surface area contributed by atoms with E-state index in [2.05, 4.69) is 31.6 Å². The van der Waals surface area contributed by atoms with E-state index in [1.54, 1.807) is 0 Å². The molecule has 168 valence electrons. The summed E-state index contributed by atoms with van der Waals surface area (Å²) in [5.74, 6) is -2.83. The van der Waals surface area contributed by atoms with Gasteiger partial charge in [0.25, 0.3) is 5.88 Å². The van der Waals surface area contributed by atoms with Gasteiger partial charge in [-0.25, -0.2) is 9.37 Å². The fourth-order valence-electron chi connectivity index (χ4n) is 2.39. The first-order valence-electron chi connectivity index (χ1n) is 8.98. The summed E-state index contributed by atoms with van der Waals surface area (Å²) in [5.41, 5.74) is -0.168. The van der Waals surface area contributed by atoms with E-state index in [1.807, 2.05) is 0 Å². The minimum absolute atomic E-state index is 0.0509. The van der Waals surface area contributed by atoms with Crippen molar-refractivity contribution in [3.63, 3.8) is 0 Å². The number of aryl methyl sites for hydroxylation is 1. The van der Waals surface area contributed by atoms with Crippen molar-refractivity contribution < 1.29 is 35.8 Å². The number of nitrogens with zero attached hydrogens (tertiary/aromatic N) is 5.